The molecular weight excluding hydrogens is 532 g/mol. The highest BCUT2D eigenvalue weighted by Crippen LogP contribution is 2.34. The molecule has 1 amide bonds. The van der Waals surface area contributed by atoms with Crippen molar-refractivity contribution in [2.75, 3.05) is 25.7 Å². The Kier molecular flexibility index (Phi) is 7.42. The molecule has 0 N–H and O–H groups in total. The van der Waals surface area contributed by atoms with E-state index in [0.29, 0.717) is 28.3 Å². The molecule has 1 unspecified atom stereocenters. The number of anilines is 1. The zero-order valence-electron chi connectivity index (χ0n) is 22.2. The number of benzene rings is 3. The Hall–Kier alpha value is -4.48. The third-order valence-electron chi connectivity index (χ3n) is 6.83. The Bertz CT molecular complexity index is 1650. The molecule has 4 aromatic rings. The van der Waals surface area contributed by atoms with Crippen molar-refractivity contribution in [2.24, 2.45) is 0 Å². The number of methoxy groups -OCH3 is 2. The van der Waals surface area contributed by atoms with Gasteiger partial charge in [0.15, 0.2) is 0 Å². The first-order chi connectivity index (χ1) is 19.2. The second-order valence-electron chi connectivity index (χ2n) is 9.28. The molecule has 0 fully saturated rings. The molecule has 0 radical (unpaired) electrons. The van der Waals surface area contributed by atoms with Gasteiger partial charge in [-0.15, -0.1) is 0 Å². The summed E-state index contributed by atoms with van der Waals surface area (Å²) in [7, 11) is -1.52. The minimum Gasteiger partial charge on any atom is -0.497 e. The number of sulfonamides is 1. The van der Waals surface area contributed by atoms with E-state index in [1.54, 1.807) is 53.5 Å². The van der Waals surface area contributed by atoms with Crippen molar-refractivity contribution < 1.29 is 27.5 Å². The molecule has 3 aromatic carbocycles. The zero-order chi connectivity index (χ0) is 28.4. The normalized spacial score (nSPS) is 15.7. The van der Waals surface area contributed by atoms with Crippen LogP contribution in [0.25, 0.3) is 5.69 Å². The Balaban J connectivity index is 1.64. The zero-order valence-corrected chi connectivity index (χ0v) is 23.0. The SMILES string of the molecule is COC(=O)C1CN(C(=O)c2ccccc2-n2cccn2)c2ccc(C)cc2CN1S(=O)(=O)c1ccc(OC)cc1. The van der Waals surface area contributed by atoms with Crippen molar-refractivity contribution >= 4 is 27.6 Å². The van der Waals surface area contributed by atoms with Gasteiger partial charge in [-0.05, 0) is 61.0 Å². The molecule has 5 rings (SSSR count). The highest BCUT2D eigenvalue weighted by Gasteiger charge is 2.42. The van der Waals surface area contributed by atoms with Crippen molar-refractivity contribution in [1.29, 1.82) is 0 Å². The van der Waals surface area contributed by atoms with Crippen LogP contribution in [0.3, 0.4) is 0 Å². The van der Waals surface area contributed by atoms with Crippen LogP contribution in [0, 0.1) is 6.92 Å². The van der Waals surface area contributed by atoms with Crippen LogP contribution < -0.4 is 9.64 Å². The van der Waals surface area contributed by atoms with Gasteiger partial charge >= 0.3 is 5.97 Å². The van der Waals surface area contributed by atoms with Crippen molar-refractivity contribution in [3.63, 3.8) is 0 Å². The molecule has 1 atom stereocenters. The van der Waals surface area contributed by atoms with E-state index in [2.05, 4.69) is 5.10 Å². The third kappa shape index (κ3) is 4.96. The number of amides is 1. The van der Waals surface area contributed by atoms with Crippen LogP contribution in [-0.2, 0) is 26.1 Å². The van der Waals surface area contributed by atoms with E-state index in [4.69, 9.17) is 9.47 Å². The lowest BCUT2D eigenvalue weighted by Crippen LogP contribution is -2.50. The summed E-state index contributed by atoms with van der Waals surface area (Å²) in [5, 5.41) is 4.27. The second kappa shape index (κ2) is 10.9. The molecular formula is C29H28N4O6S. The number of nitrogens with zero attached hydrogens (tertiary/aromatic N) is 4. The standard InChI is InChI=1S/C29H28N4O6S/c1-20-9-14-25-21(17-20)18-33(40(36,37)23-12-10-22(38-2)11-13-23)27(29(35)39-3)19-31(25)28(34)24-7-4-5-8-26(24)32-16-6-15-30-32/h4-17,27H,18-19H2,1-3H3. The Morgan fingerprint density at radius 2 is 1.70 bits per heavy atom. The third-order valence-corrected chi connectivity index (χ3v) is 8.69. The average molecular weight is 561 g/mol. The molecule has 0 saturated heterocycles. The fourth-order valence-corrected chi connectivity index (χ4v) is 6.36. The van der Waals surface area contributed by atoms with E-state index >= 15 is 0 Å². The summed E-state index contributed by atoms with van der Waals surface area (Å²) in [5.41, 5.74) is 2.85. The summed E-state index contributed by atoms with van der Waals surface area (Å²) < 4.78 is 40.9. The number of fused-ring (bicyclic) bond motifs is 1. The Morgan fingerprint density at radius 1 is 0.950 bits per heavy atom. The lowest BCUT2D eigenvalue weighted by molar-refractivity contribution is -0.144. The maximum atomic E-state index is 14.2. The lowest BCUT2D eigenvalue weighted by atomic mass is 10.1. The highest BCUT2D eigenvalue weighted by atomic mass is 32.2. The van der Waals surface area contributed by atoms with Gasteiger partial charge in [0, 0.05) is 24.6 Å². The fourth-order valence-electron chi connectivity index (χ4n) is 4.81. The van der Waals surface area contributed by atoms with Crippen molar-refractivity contribution in [3.8, 4) is 11.4 Å². The molecule has 0 bridgehead atoms. The summed E-state index contributed by atoms with van der Waals surface area (Å²) in [6, 6.07) is 18.8. The van der Waals surface area contributed by atoms with E-state index < -0.39 is 27.9 Å². The van der Waals surface area contributed by atoms with Gasteiger partial charge in [-0.2, -0.15) is 9.40 Å². The lowest BCUT2D eigenvalue weighted by Gasteiger charge is -2.29. The predicted octanol–water partition coefficient (Wildman–Crippen LogP) is 3.58. The van der Waals surface area contributed by atoms with Crippen LogP contribution in [-0.4, -0.2) is 61.2 Å². The van der Waals surface area contributed by atoms with Crippen LogP contribution in [0.2, 0.25) is 0 Å². The van der Waals surface area contributed by atoms with E-state index in [1.807, 2.05) is 19.1 Å². The van der Waals surface area contributed by atoms with Crippen molar-refractivity contribution in [2.45, 2.75) is 24.4 Å². The summed E-state index contributed by atoms with van der Waals surface area (Å²) in [6.07, 6.45) is 3.34. The highest BCUT2D eigenvalue weighted by molar-refractivity contribution is 7.89. The molecule has 206 valence electrons. The molecule has 0 spiro atoms. The van der Waals surface area contributed by atoms with Gasteiger partial charge in [-0.25, -0.2) is 13.1 Å². The molecule has 0 saturated carbocycles. The van der Waals surface area contributed by atoms with Crippen LogP contribution in [0.15, 0.2) is 90.1 Å². The number of para-hydroxylation sites is 1. The number of aryl methyl sites for hydroxylation is 1. The van der Waals surface area contributed by atoms with Gasteiger partial charge in [0.2, 0.25) is 10.0 Å². The molecule has 11 heteroatoms. The number of carbonyl (C=O) groups excluding carboxylic acids is 2. The van der Waals surface area contributed by atoms with E-state index in [1.165, 1.54) is 43.4 Å². The largest absolute Gasteiger partial charge is 0.497 e. The van der Waals surface area contributed by atoms with Gasteiger partial charge in [-0.3, -0.25) is 9.59 Å². The monoisotopic (exact) mass is 560 g/mol. The van der Waals surface area contributed by atoms with Gasteiger partial charge in [0.25, 0.3) is 5.91 Å². The summed E-state index contributed by atoms with van der Waals surface area (Å²) in [4.78, 5) is 28.8. The van der Waals surface area contributed by atoms with Gasteiger partial charge in [0.05, 0.1) is 36.9 Å². The van der Waals surface area contributed by atoms with Crippen LogP contribution in [0.1, 0.15) is 21.5 Å². The number of esters is 1. The van der Waals surface area contributed by atoms with E-state index in [-0.39, 0.29) is 18.0 Å². The molecule has 1 aliphatic rings. The summed E-state index contributed by atoms with van der Waals surface area (Å²) in [5.74, 6) is -0.693. The first-order valence-corrected chi connectivity index (χ1v) is 13.9. The Labute approximate surface area is 232 Å². The molecule has 10 nitrogen and oxygen atoms in total. The van der Waals surface area contributed by atoms with Crippen molar-refractivity contribution in [3.05, 3.63) is 102 Å². The maximum Gasteiger partial charge on any atom is 0.326 e. The molecule has 0 aliphatic carbocycles. The molecule has 40 heavy (non-hydrogen) atoms. The quantitative estimate of drug-likeness (QED) is 0.332. The first-order valence-electron chi connectivity index (χ1n) is 12.5. The minimum atomic E-state index is -4.20. The second-order valence-corrected chi connectivity index (χ2v) is 11.2. The predicted molar refractivity (Wildman–Crippen MR) is 148 cm³/mol. The van der Waals surface area contributed by atoms with Gasteiger partial charge in [0.1, 0.15) is 11.8 Å². The number of hydrogen-bond acceptors (Lipinski definition) is 7. The first kappa shape index (κ1) is 27.1. The minimum absolute atomic E-state index is 0.0137. The molecule has 1 aromatic heterocycles. The van der Waals surface area contributed by atoms with Gasteiger partial charge < -0.3 is 14.4 Å². The maximum absolute atomic E-state index is 14.2. The van der Waals surface area contributed by atoms with E-state index in [9.17, 15) is 18.0 Å². The van der Waals surface area contributed by atoms with Crippen LogP contribution >= 0.6 is 0 Å². The Morgan fingerprint density at radius 3 is 2.38 bits per heavy atom. The molecule has 2 heterocycles. The molecule has 1 aliphatic heterocycles. The van der Waals surface area contributed by atoms with Crippen LogP contribution in [0.4, 0.5) is 5.69 Å². The number of ether oxygens (including phenoxy) is 2. The van der Waals surface area contributed by atoms with Crippen LogP contribution in [0.5, 0.6) is 5.75 Å². The number of rotatable bonds is 6. The number of carbonyl (C=O) groups is 2. The smallest absolute Gasteiger partial charge is 0.326 e. The number of hydrogen-bond donors (Lipinski definition) is 0. The van der Waals surface area contributed by atoms with E-state index in [0.717, 1.165) is 9.87 Å². The topological polar surface area (TPSA) is 111 Å². The number of aromatic nitrogens is 2. The average Bonchev–Trinajstić information content (AvgIpc) is 3.45. The van der Waals surface area contributed by atoms with Gasteiger partial charge in [-0.1, -0.05) is 29.8 Å². The summed E-state index contributed by atoms with van der Waals surface area (Å²) in [6.45, 7) is 1.48. The summed E-state index contributed by atoms with van der Waals surface area (Å²) >= 11 is 0. The fraction of sp³-hybridized carbons (Fsp3) is 0.207. The van der Waals surface area contributed by atoms with Crippen molar-refractivity contribution in [1.82, 2.24) is 14.1 Å².